The molecule has 0 radical (unpaired) electrons. The van der Waals surface area contributed by atoms with E-state index in [1.54, 1.807) is 0 Å². The first-order valence-corrected chi connectivity index (χ1v) is 7.02. The summed E-state index contributed by atoms with van der Waals surface area (Å²) in [5, 5.41) is 0. The zero-order chi connectivity index (χ0) is 11.7. The van der Waals surface area contributed by atoms with Gasteiger partial charge in [0.05, 0.1) is 11.0 Å². The van der Waals surface area contributed by atoms with Gasteiger partial charge in [-0.2, -0.15) is 0 Å². The summed E-state index contributed by atoms with van der Waals surface area (Å²) in [5.74, 6) is 2.94. The summed E-state index contributed by atoms with van der Waals surface area (Å²) in [6, 6.07) is 0.300. The van der Waals surface area contributed by atoms with Crippen molar-refractivity contribution in [2.75, 3.05) is 13.6 Å². The molecule has 0 heterocycles. The van der Waals surface area contributed by atoms with E-state index < -0.39 is 0 Å². The molecule has 2 rings (SSSR count). The summed E-state index contributed by atoms with van der Waals surface area (Å²) in [6.45, 7) is 3.36. The molecule has 0 spiro atoms. The number of fused-ring (bicyclic) bond motifs is 2. The lowest BCUT2D eigenvalue weighted by molar-refractivity contribution is 0.199. The molecule has 2 saturated carbocycles. The van der Waals surface area contributed by atoms with Gasteiger partial charge in [-0.3, -0.25) is 4.90 Å². The molecule has 0 aromatic rings. The first-order valence-electron chi connectivity index (χ1n) is 6.61. The third-order valence-electron chi connectivity index (χ3n) is 4.65. The van der Waals surface area contributed by atoms with Crippen LogP contribution in [0, 0.1) is 17.8 Å². The van der Waals surface area contributed by atoms with Gasteiger partial charge in [0.1, 0.15) is 0 Å². The van der Waals surface area contributed by atoms with Crippen molar-refractivity contribution in [1.82, 2.24) is 4.90 Å². The highest BCUT2D eigenvalue weighted by atomic mass is 32.1. The maximum Gasteiger partial charge on any atom is 0.0901 e. The molecule has 16 heavy (non-hydrogen) atoms. The molecule has 2 bridgehead atoms. The SMILES string of the molecule is CCC(C(N)=S)N(C)CC1CC2CCC1C2. The predicted molar refractivity (Wildman–Crippen MR) is 72.4 cm³/mol. The fourth-order valence-electron chi connectivity index (χ4n) is 3.83. The molecule has 2 aliphatic carbocycles. The van der Waals surface area contributed by atoms with E-state index in [1.165, 1.54) is 32.2 Å². The van der Waals surface area contributed by atoms with Crippen LogP contribution in [-0.4, -0.2) is 29.5 Å². The van der Waals surface area contributed by atoms with Crippen molar-refractivity contribution < 1.29 is 0 Å². The number of rotatable bonds is 5. The van der Waals surface area contributed by atoms with Gasteiger partial charge in [0, 0.05) is 6.54 Å². The third-order valence-corrected chi connectivity index (χ3v) is 4.93. The average Bonchev–Trinajstić information content (AvgIpc) is 2.79. The smallest absolute Gasteiger partial charge is 0.0901 e. The molecule has 0 saturated heterocycles. The number of hydrogen-bond donors (Lipinski definition) is 1. The van der Waals surface area contributed by atoms with Gasteiger partial charge in [-0.15, -0.1) is 0 Å². The van der Waals surface area contributed by atoms with Crippen molar-refractivity contribution in [3.8, 4) is 0 Å². The second-order valence-corrected chi connectivity index (χ2v) is 6.17. The Morgan fingerprint density at radius 2 is 2.19 bits per heavy atom. The molecule has 0 aromatic heterocycles. The Balaban J connectivity index is 1.87. The van der Waals surface area contributed by atoms with Crippen molar-refractivity contribution in [1.29, 1.82) is 0 Å². The monoisotopic (exact) mass is 240 g/mol. The Hall–Kier alpha value is -0.150. The quantitative estimate of drug-likeness (QED) is 0.748. The van der Waals surface area contributed by atoms with E-state index in [0.29, 0.717) is 11.0 Å². The van der Waals surface area contributed by atoms with Crippen LogP contribution in [0.5, 0.6) is 0 Å². The highest BCUT2D eigenvalue weighted by Crippen LogP contribution is 2.48. The Bertz CT molecular complexity index is 267. The van der Waals surface area contributed by atoms with Crippen LogP contribution in [0.2, 0.25) is 0 Å². The van der Waals surface area contributed by atoms with Gasteiger partial charge in [-0.05, 0) is 50.5 Å². The highest BCUT2D eigenvalue weighted by molar-refractivity contribution is 7.80. The van der Waals surface area contributed by atoms with Crippen LogP contribution in [0.15, 0.2) is 0 Å². The summed E-state index contributed by atoms with van der Waals surface area (Å²) in [6.07, 6.45) is 6.92. The van der Waals surface area contributed by atoms with Crippen LogP contribution < -0.4 is 5.73 Å². The minimum atomic E-state index is 0.300. The van der Waals surface area contributed by atoms with Crippen molar-refractivity contribution in [3.05, 3.63) is 0 Å². The van der Waals surface area contributed by atoms with E-state index in [2.05, 4.69) is 18.9 Å². The first kappa shape index (κ1) is 12.3. The molecular formula is C13H24N2S. The van der Waals surface area contributed by atoms with E-state index >= 15 is 0 Å². The van der Waals surface area contributed by atoms with Crippen LogP contribution in [0.3, 0.4) is 0 Å². The second kappa shape index (κ2) is 5.01. The normalized spacial score (nSPS) is 34.6. The molecule has 0 aliphatic heterocycles. The Kier molecular flexibility index (Phi) is 3.85. The fraction of sp³-hybridized carbons (Fsp3) is 0.923. The van der Waals surface area contributed by atoms with E-state index in [0.717, 1.165) is 24.2 Å². The van der Waals surface area contributed by atoms with Gasteiger partial charge >= 0.3 is 0 Å². The fourth-order valence-corrected chi connectivity index (χ4v) is 4.17. The Morgan fingerprint density at radius 1 is 1.44 bits per heavy atom. The minimum Gasteiger partial charge on any atom is -0.392 e. The molecule has 2 fully saturated rings. The van der Waals surface area contributed by atoms with Gasteiger partial charge in [-0.1, -0.05) is 25.6 Å². The van der Waals surface area contributed by atoms with E-state index in [9.17, 15) is 0 Å². The van der Waals surface area contributed by atoms with Gasteiger partial charge in [0.2, 0.25) is 0 Å². The number of nitrogens with two attached hydrogens (primary N) is 1. The average molecular weight is 240 g/mol. The van der Waals surface area contributed by atoms with Gasteiger partial charge in [0.25, 0.3) is 0 Å². The Labute approximate surface area is 105 Å². The van der Waals surface area contributed by atoms with Crippen LogP contribution in [0.4, 0.5) is 0 Å². The van der Waals surface area contributed by atoms with Gasteiger partial charge in [0.15, 0.2) is 0 Å². The summed E-state index contributed by atoms with van der Waals surface area (Å²) >= 11 is 5.14. The van der Waals surface area contributed by atoms with E-state index in [-0.39, 0.29) is 0 Å². The molecule has 2 N–H and O–H groups in total. The van der Waals surface area contributed by atoms with Crippen LogP contribution in [0.25, 0.3) is 0 Å². The molecule has 92 valence electrons. The summed E-state index contributed by atoms with van der Waals surface area (Å²) in [5.41, 5.74) is 5.79. The molecule has 0 aromatic carbocycles. The number of likely N-dealkylation sites (N-methyl/N-ethyl adjacent to an activating group) is 1. The minimum absolute atomic E-state index is 0.300. The lowest BCUT2D eigenvalue weighted by Crippen LogP contribution is -2.43. The van der Waals surface area contributed by atoms with Crippen molar-refractivity contribution >= 4 is 17.2 Å². The third kappa shape index (κ3) is 2.40. The lowest BCUT2D eigenvalue weighted by atomic mass is 9.88. The van der Waals surface area contributed by atoms with Gasteiger partial charge < -0.3 is 5.73 Å². The van der Waals surface area contributed by atoms with Crippen LogP contribution in [0.1, 0.15) is 39.0 Å². The van der Waals surface area contributed by atoms with Gasteiger partial charge in [-0.25, -0.2) is 0 Å². The van der Waals surface area contributed by atoms with Crippen LogP contribution in [-0.2, 0) is 0 Å². The van der Waals surface area contributed by atoms with Crippen LogP contribution >= 0.6 is 12.2 Å². The van der Waals surface area contributed by atoms with E-state index in [1.807, 2.05) is 0 Å². The molecule has 3 heteroatoms. The molecule has 0 amide bonds. The largest absolute Gasteiger partial charge is 0.392 e. The molecule has 4 atom stereocenters. The van der Waals surface area contributed by atoms with Crippen molar-refractivity contribution in [2.45, 2.75) is 45.1 Å². The predicted octanol–water partition coefficient (Wildman–Crippen LogP) is 2.42. The summed E-state index contributed by atoms with van der Waals surface area (Å²) in [7, 11) is 2.18. The maximum absolute atomic E-state index is 5.79. The molecule has 2 nitrogen and oxygen atoms in total. The summed E-state index contributed by atoms with van der Waals surface area (Å²) in [4.78, 5) is 3.04. The summed E-state index contributed by atoms with van der Waals surface area (Å²) < 4.78 is 0. The molecule has 2 aliphatic rings. The standard InChI is InChI=1S/C13H24N2S/c1-3-12(13(14)16)15(2)8-11-7-9-4-5-10(11)6-9/h9-12H,3-8H2,1-2H3,(H2,14,16). The number of nitrogens with zero attached hydrogens (tertiary/aromatic N) is 1. The topological polar surface area (TPSA) is 29.3 Å². The maximum atomic E-state index is 5.79. The molecular weight excluding hydrogens is 216 g/mol. The molecule has 4 unspecified atom stereocenters. The zero-order valence-electron chi connectivity index (χ0n) is 10.5. The number of hydrogen-bond acceptors (Lipinski definition) is 2. The lowest BCUT2D eigenvalue weighted by Gasteiger charge is -2.32. The number of thiocarbonyl (C=S) groups is 1. The Morgan fingerprint density at radius 3 is 2.62 bits per heavy atom. The van der Waals surface area contributed by atoms with E-state index in [4.69, 9.17) is 18.0 Å². The highest BCUT2D eigenvalue weighted by Gasteiger charge is 2.40. The first-order chi connectivity index (χ1) is 7.61. The zero-order valence-corrected chi connectivity index (χ0v) is 11.3. The van der Waals surface area contributed by atoms with Crippen molar-refractivity contribution in [3.63, 3.8) is 0 Å². The van der Waals surface area contributed by atoms with Crippen molar-refractivity contribution in [2.24, 2.45) is 23.5 Å². The second-order valence-electron chi connectivity index (χ2n) is 5.70.